The standard InChI is InChI=1S/C17H21Cl2NO2/c1-10(14-7-11-2-3-12(14)6-11)20-17(21)9-22-16-5-4-13(18)8-15(16)19/h4-5,8,10-12,14H,2-3,6-7,9H2,1H3,(H,20,21)/t10-,11-,12-,14+/m0/s1. The molecule has 0 heterocycles. The SMILES string of the molecule is C[C@H](NC(=O)COc1ccc(Cl)cc1Cl)[C@H]1C[C@H]2CC[C@H]1C2. The summed E-state index contributed by atoms with van der Waals surface area (Å²) in [5.74, 6) is 2.70. The summed E-state index contributed by atoms with van der Waals surface area (Å²) in [5, 5.41) is 4.04. The Kier molecular flexibility index (Phi) is 4.84. The number of hydrogen-bond acceptors (Lipinski definition) is 2. The lowest BCUT2D eigenvalue weighted by Gasteiger charge is -2.28. The molecule has 0 aliphatic heterocycles. The van der Waals surface area contributed by atoms with Crippen LogP contribution in [0.15, 0.2) is 18.2 Å². The second-order valence-corrected chi connectivity index (χ2v) is 7.40. The Balaban J connectivity index is 1.48. The third kappa shape index (κ3) is 3.52. The molecule has 22 heavy (non-hydrogen) atoms. The highest BCUT2D eigenvalue weighted by Crippen LogP contribution is 2.49. The Morgan fingerprint density at radius 3 is 2.82 bits per heavy atom. The number of fused-ring (bicyclic) bond motifs is 2. The van der Waals surface area contributed by atoms with Gasteiger partial charge in [0.05, 0.1) is 5.02 Å². The molecule has 0 saturated heterocycles. The summed E-state index contributed by atoms with van der Waals surface area (Å²) in [6.45, 7) is 2.09. The fourth-order valence-corrected chi connectivity index (χ4v) is 4.51. The molecule has 0 spiro atoms. The molecule has 1 amide bonds. The molecule has 3 nitrogen and oxygen atoms in total. The topological polar surface area (TPSA) is 38.3 Å². The predicted molar refractivity (Wildman–Crippen MR) is 88.5 cm³/mol. The van der Waals surface area contributed by atoms with Gasteiger partial charge in [-0.2, -0.15) is 0 Å². The molecule has 0 radical (unpaired) electrons. The van der Waals surface area contributed by atoms with E-state index in [1.54, 1.807) is 18.2 Å². The van der Waals surface area contributed by atoms with E-state index in [1.807, 2.05) is 0 Å². The Bertz CT molecular complexity index is 564. The van der Waals surface area contributed by atoms with Gasteiger partial charge in [-0.25, -0.2) is 0 Å². The third-order valence-electron chi connectivity index (χ3n) is 5.08. The Morgan fingerprint density at radius 2 is 2.18 bits per heavy atom. The molecule has 2 saturated carbocycles. The van der Waals surface area contributed by atoms with Crippen molar-refractivity contribution in [1.82, 2.24) is 5.32 Å². The highest BCUT2D eigenvalue weighted by atomic mass is 35.5. The monoisotopic (exact) mass is 341 g/mol. The van der Waals surface area contributed by atoms with Crippen molar-refractivity contribution in [2.75, 3.05) is 6.61 Å². The number of ether oxygens (including phenoxy) is 1. The second-order valence-electron chi connectivity index (χ2n) is 6.56. The number of rotatable bonds is 5. The maximum Gasteiger partial charge on any atom is 0.258 e. The molecule has 2 aliphatic carbocycles. The zero-order valence-electron chi connectivity index (χ0n) is 12.6. The minimum atomic E-state index is -0.0960. The van der Waals surface area contributed by atoms with Crippen LogP contribution in [0, 0.1) is 17.8 Å². The quantitative estimate of drug-likeness (QED) is 0.866. The molecular weight excluding hydrogens is 321 g/mol. The van der Waals surface area contributed by atoms with Crippen molar-refractivity contribution in [2.24, 2.45) is 17.8 Å². The normalized spacial score (nSPS) is 27.7. The van der Waals surface area contributed by atoms with Gasteiger partial charge in [-0.15, -0.1) is 0 Å². The van der Waals surface area contributed by atoms with Crippen molar-refractivity contribution in [3.8, 4) is 5.75 Å². The Hall–Kier alpha value is -0.930. The van der Waals surface area contributed by atoms with E-state index in [4.69, 9.17) is 27.9 Å². The molecule has 3 rings (SSSR count). The molecule has 0 unspecified atom stereocenters. The van der Waals surface area contributed by atoms with Gasteiger partial charge in [0.25, 0.3) is 5.91 Å². The van der Waals surface area contributed by atoms with Crippen LogP contribution in [0.25, 0.3) is 0 Å². The van der Waals surface area contributed by atoms with Crippen LogP contribution in [0.4, 0.5) is 0 Å². The minimum Gasteiger partial charge on any atom is -0.482 e. The number of halogens is 2. The zero-order chi connectivity index (χ0) is 15.7. The van der Waals surface area contributed by atoms with Gasteiger partial charge in [0.1, 0.15) is 5.75 Å². The number of carbonyl (C=O) groups excluding carboxylic acids is 1. The molecular formula is C17H21Cl2NO2. The van der Waals surface area contributed by atoms with Crippen LogP contribution in [0.2, 0.25) is 10.0 Å². The summed E-state index contributed by atoms with van der Waals surface area (Å²) < 4.78 is 5.48. The van der Waals surface area contributed by atoms with E-state index in [2.05, 4.69) is 12.2 Å². The number of nitrogens with one attached hydrogen (secondary N) is 1. The number of hydrogen-bond donors (Lipinski definition) is 1. The van der Waals surface area contributed by atoms with Crippen molar-refractivity contribution in [1.29, 1.82) is 0 Å². The fourth-order valence-electron chi connectivity index (χ4n) is 4.04. The van der Waals surface area contributed by atoms with Crippen molar-refractivity contribution < 1.29 is 9.53 Å². The van der Waals surface area contributed by atoms with Gasteiger partial charge in [-0.1, -0.05) is 29.6 Å². The molecule has 1 N–H and O–H groups in total. The second kappa shape index (κ2) is 6.67. The Labute approximate surface area is 141 Å². The lowest BCUT2D eigenvalue weighted by Crippen LogP contribution is -2.42. The van der Waals surface area contributed by atoms with Crippen molar-refractivity contribution in [3.05, 3.63) is 28.2 Å². The molecule has 2 aliphatic rings. The highest BCUT2D eigenvalue weighted by Gasteiger charge is 2.42. The average molecular weight is 342 g/mol. The van der Waals surface area contributed by atoms with Crippen molar-refractivity contribution in [3.63, 3.8) is 0 Å². The first-order chi connectivity index (χ1) is 10.5. The summed E-state index contributed by atoms with van der Waals surface area (Å²) in [6, 6.07) is 5.19. The van der Waals surface area contributed by atoms with Gasteiger partial charge >= 0.3 is 0 Å². The maximum absolute atomic E-state index is 12.1. The van der Waals surface area contributed by atoms with Gasteiger partial charge in [-0.3, -0.25) is 4.79 Å². The van der Waals surface area contributed by atoms with Crippen LogP contribution >= 0.6 is 23.2 Å². The van der Waals surface area contributed by atoms with E-state index < -0.39 is 0 Å². The third-order valence-corrected chi connectivity index (χ3v) is 5.61. The van der Waals surface area contributed by atoms with Gasteiger partial charge in [0.2, 0.25) is 0 Å². The summed E-state index contributed by atoms with van der Waals surface area (Å²) >= 11 is 11.9. The van der Waals surface area contributed by atoms with E-state index in [9.17, 15) is 4.79 Å². The van der Waals surface area contributed by atoms with E-state index in [1.165, 1.54) is 25.7 Å². The summed E-state index contributed by atoms with van der Waals surface area (Å²) in [4.78, 5) is 12.1. The van der Waals surface area contributed by atoms with Gasteiger partial charge in [0.15, 0.2) is 6.61 Å². The molecule has 4 atom stereocenters. The smallest absolute Gasteiger partial charge is 0.258 e. The predicted octanol–water partition coefficient (Wildman–Crippen LogP) is 4.31. The largest absolute Gasteiger partial charge is 0.482 e. The molecule has 2 bridgehead atoms. The van der Waals surface area contributed by atoms with Crippen LogP contribution in [0.3, 0.4) is 0 Å². The summed E-state index contributed by atoms with van der Waals surface area (Å²) in [5.41, 5.74) is 0. The first-order valence-corrected chi connectivity index (χ1v) is 8.65. The van der Waals surface area contributed by atoms with Crippen LogP contribution in [0.5, 0.6) is 5.75 Å². The summed E-state index contributed by atoms with van der Waals surface area (Å²) in [7, 11) is 0. The minimum absolute atomic E-state index is 0.0213. The first-order valence-electron chi connectivity index (χ1n) is 7.90. The van der Waals surface area contributed by atoms with E-state index in [-0.39, 0.29) is 18.6 Å². The first kappa shape index (κ1) is 15.9. The summed E-state index contributed by atoms with van der Waals surface area (Å²) in [6.07, 6.45) is 5.31. The molecule has 0 aromatic heterocycles. The van der Waals surface area contributed by atoms with Gasteiger partial charge in [-0.05, 0) is 62.1 Å². The lowest BCUT2D eigenvalue weighted by atomic mass is 9.84. The Morgan fingerprint density at radius 1 is 1.36 bits per heavy atom. The van der Waals surface area contributed by atoms with E-state index in [0.717, 1.165) is 11.8 Å². The van der Waals surface area contributed by atoms with Crippen LogP contribution in [0.1, 0.15) is 32.6 Å². The number of carbonyl (C=O) groups is 1. The highest BCUT2D eigenvalue weighted by molar-refractivity contribution is 6.35. The van der Waals surface area contributed by atoms with Crippen molar-refractivity contribution >= 4 is 29.1 Å². The molecule has 1 aromatic carbocycles. The van der Waals surface area contributed by atoms with Crippen molar-refractivity contribution in [2.45, 2.75) is 38.6 Å². The van der Waals surface area contributed by atoms with E-state index in [0.29, 0.717) is 21.7 Å². The molecule has 2 fully saturated rings. The number of benzene rings is 1. The zero-order valence-corrected chi connectivity index (χ0v) is 14.2. The fraction of sp³-hybridized carbons (Fsp3) is 0.588. The maximum atomic E-state index is 12.1. The van der Waals surface area contributed by atoms with Gasteiger partial charge < -0.3 is 10.1 Å². The average Bonchev–Trinajstić information content (AvgIpc) is 3.09. The molecule has 120 valence electrons. The lowest BCUT2D eigenvalue weighted by molar-refractivity contribution is -0.124. The van der Waals surface area contributed by atoms with Crippen LogP contribution in [-0.4, -0.2) is 18.6 Å². The van der Waals surface area contributed by atoms with E-state index >= 15 is 0 Å². The van der Waals surface area contributed by atoms with Crippen LogP contribution < -0.4 is 10.1 Å². The molecule has 1 aromatic rings. The van der Waals surface area contributed by atoms with Crippen LogP contribution in [-0.2, 0) is 4.79 Å². The molecule has 5 heteroatoms. The van der Waals surface area contributed by atoms with Gasteiger partial charge in [0, 0.05) is 11.1 Å². The number of amides is 1.